The van der Waals surface area contributed by atoms with E-state index in [0.717, 1.165) is 11.5 Å². The summed E-state index contributed by atoms with van der Waals surface area (Å²) >= 11 is 0. The van der Waals surface area contributed by atoms with E-state index < -0.39 is 0 Å². The molecule has 0 saturated heterocycles. The molecule has 2 N–H and O–H groups in total. The van der Waals surface area contributed by atoms with Gasteiger partial charge in [0.2, 0.25) is 0 Å². The summed E-state index contributed by atoms with van der Waals surface area (Å²) in [5.74, 6) is 1.43. The van der Waals surface area contributed by atoms with Crippen molar-refractivity contribution < 1.29 is 0 Å². The van der Waals surface area contributed by atoms with Crippen LogP contribution in [0.5, 0.6) is 0 Å². The van der Waals surface area contributed by atoms with Gasteiger partial charge in [0, 0.05) is 18.3 Å². The van der Waals surface area contributed by atoms with Crippen LogP contribution in [0.3, 0.4) is 0 Å². The maximum atomic E-state index is 8.48. The summed E-state index contributed by atoms with van der Waals surface area (Å²) < 4.78 is 0. The molecule has 0 unspecified atom stereocenters. The lowest BCUT2D eigenvalue weighted by Gasteiger charge is -2.08. The van der Waals surface area contributed by atoms with Crippen LogP contribution in [0.15, 0.2) is 36.7 Å². The van der Waals surface area contributed by atoms with Crippen LogP contribution in [-0.2, 0) is 0 Å². The quantitative estimate of drug-likeness (QED) is 0.801. The van der Waals surface area contributed by atoms with E-state index in [9.17, 15) is 0 Å². The van der Waals surface area contributed by atoms with E-state index in [0.29, 0.717) is 18.8 Å². The average Bonchev–Trinajstić information content (AvgIpc) is 2.42. The summed E-state index contributed by atoms with van der Waals surface area (Å²) in [5.41, 5.74) is 2.19. The van der Waals surface area contributed by atoms with Crippen molar-refractivity contribution in [3.05, 3.63) is 42.2 Å². The predicted molar refractivity (Wildman–Crippen MR) is 75.2 cm³/mol. The molecule has 1 aromatic carbocycles. The molecule has 5 nitrogen and oxygen atoms in total. The molecule has 5 heteroatoms. The Kier molecular flexibility index (Phi) is 4.29. The van der Waals surface area contributed by atoms with Gasteiger partial charge in [-0.25, -0.2) is 9.97 Å². The molecule has 1 heterocycles. The molecule has 2 aromatic rings. The molecule has 0 aliphatic rings. The monoisotopic (exact) mass is 253 g/mol. The minimum absolute atomic E-state index is 0.449. The van der Waals surface area contributed by atoms with Crippen LogP contribution >= 0.6 is 0 Å². The molecular formula is C14H15N5. The Morgan fingerprint density at radius 2 is 1.89 bits per heavy atom. The Labute approximate surface area is 112 Å². The van der Waals surface area contributed by atoms with E-state index in [1.165, 1.54) is 11.9 Å². The Bertz CT molecular complexity index is 571. The zero-order valence-corrected chi connectivity index (χ0v) is 10.7. The van der Waals surface area contributed by atoms with Crippen LogP contribution < -0.4 is 10.6 Å². The van der Waals surface area contributed by atoms with Gasteiger partial charge in [0.05, 0.1) is 12.5 Å². The fraction of sp³-hybridized carbons (Fsp3) is 0.214. The van der Waals surface area contributed by atoms with Crippen molar-refractivity contribution in [2.45, 2.75) is 13.3 Å². The number of rotatable bonds is 5. The molecule has 1 aromatic heterocycles. The van der Waals surface area contributed by atoms with Crippen molar-refractivity contribution >= 4 is 17.3 Å². The van der Waals surface area contributed by atoms with Gasteiger partial charge in [0.25, 0.3) is 0 Å². The van der Waals surface area contributed by atoms with E-state index in [1.807, 2.05) is 37.3 Å². The van der Waals surface area contributed by atoms with Gasteiger partial charge in [-0.3, -0.25) is 0 Å². The fourth-order valence-electron chi connectivity index (χ4n) is 1.55. The molecule has 2 rings (SSSR count). The van der Waals surface area contributed by atoms with E-state index in [1.54, 1.807) is 0 Å². The maximum Gasteiger partial charge on any atom is 0.135 e. The maximum absolute atomic E-state index is 8.48. The number of aromatic nitrogens is 2. The topological polar surface area (TPSA) is 73.6 Å². The van der Waals surface area contributed by atoms with Crippen LogP contribution in [0.4, 0.5) is 17.3 Å². The normalized spacial score (nSPS) is 9.68. The van der Waals surface area contributed by atoms with Gasteiger partial charge in [-0.05, 0) is 19.1 Å². The average molecular weight is 253 g/mol. The Hall–Kier alpha value is -2.61. The van der Waals surface area contributed by atoms with Crippen molar-refractivity contribution in [2.75, 3.05) is 17.2 Å². The zero-order chi connectivity index (χ0) is 13.5. The van der Waals surface area contributed by atoms with Crippen LogP contribution in [0.25, 0.3) is 0 Å². The number of anilines is 3. The van der Waals surface area contributed by atoms with Crippen molar-refractivity contribution in [3.8, 4) is 6.07 Å². The van der Waals surface area contributed by atoms with Crippen LogP contribution in [0.1, 0.15) is 12.0 Å². The number of benzene rings is 1. The van der Waals surface area contributed by atoms with Gasteiger partial charge in [0.1, 0.15) is 18.0 Å². The Morgan fingerprint density at radius 3 is 2.63 bits per heavy atom. The summed E-state index contributed by atoms with van der Waals surface area (Å²) in [4.78, 5) is 8.25. The van der Waals surface area contributed by atoms with E-state index in [-0.39, 0.29) is 0 Å². The second-order valence-corrected chi connectivity index (χ2v) is 4.11. The smallest absolute Gasteiger partial charge is 0.135 e. The summed E-state index contributed by atoms with van der Waals surface area (Å²) in [6.45, 7) is 2.63. The third-order valence-corrected chi connectivity index (χ3v) is 2.53. The van der Waals surface area contributed by atoms with Crippen LogP contribution in [0, 0.1) is 18.3 Å². The highest BCUT2D eigenvalue weighted by Crippen LogP contribution is 2.16. The molecule has 0 saturated carbocycles. The van der Waals surface area contributed by atoms with E-state index in [4.69, 9.17) is 5.26 Å². The van der Waals surface area contributed by atoms with Crippen molar-refractivity contribution in [1.82, 2.24) is 9.97 Å². The standard InChI is InChI=1S/C14H15N5/c1-11-3-5-12(6-4-11)19-14-9-13(17-10-18-14)16-8-2-7-15/h3-6,9-10H,2,8H2,1H3,(H2,16,17,18,19). The van der Waals surface area contributed by atoms with Crippen LogP contribution in [0.2, 0.25) is 0 Å². The first kappa shape index (κ1) is 12.8. The fourth-order valence-corrected chi connectivity index (χ4v) is 1.55. The second kappa shape index (κ2) is 6.36. The molecule has 96 valence electrons. The Morgan fingerprint density at radius 1 is 1.16 bits per heavy atom. The minimum Gasteiger partial charge on any atom is -0.369 e. The number of aryl methyl sites for hydroxylation is 1. The molecule has 0 radical (unpaired) electrons. The predicted octanol–water partition coefficient (Wildman–Crippen LogP) is 2.85. The lowest BCUT2D eigenvalue weighted by atomic mass is 10.2. The van der Waals surface area contributed by atoms with E-state index in [2.05, 4.69) is 26.7 Å². The molecule has 0 fully saturated rings. The van der Waals surface area contributed by atoms with Gasteiger partial charge in [-0.1, -0.05) is 17.7 Å². The first-order valence-corrected chi connectivity index (χ1v) is 6.04. The van der Waals surface area contributed by atoms with Crippen LogP contribution in [-0.4, -0.2) is 16.5 Å². The van der Waals surface area contributed by atoms with Gasteiger partial charge in [-0.2, -0.15) is 5.26 Å². The molecule has 0 bridgehead atoms. The Balaban J connectivity index is 2.02. The summed E-state index contributed by atoms with van der Waals surface area (Å²) in [5, 5.41) is 14.8. The minimum atomic E-state index is 0.449. The highest BCUT2D eigenvalue weighted by molar-refractivity contribution is 5.58. The summed E-state index contributed by atoms with van der Waals surface area (Å²) in [6.07, 6.45) is 1.94. The van der Waals surface area contributed by atoms with Gasteiger partial charge >= 0.3 is 0 Å². The third-order valence-electron chi connectivity index (χ3n) is 2.53. The number of nitrogens with one attached hydrogen (secondary N) is 2. The molecule has 0 aliphatic heterocycles. The largest absolute Gasteiger partial charge is 0.369 e. The van der Waals surface area contributed by atoms with Crippen molar-refractivity contribution in [3.63, 3.8) is 0 Å². The highest BCUT2D eigenvalue weighted by Gasteiger charge is 1.99. The molecule has 19 heavy (non-hydrogen) atoms. The lowest BCUT2D eigenvalue weighted by Crippen LogP contribution is -2.03. The SMILES string of the molecule is Cc1ccc(Nc2cc(NCCC#N)ncn2)cc1. The summed E-state index contributed by atoms with van der Waals surface area (Å²) in [7, 11) is 0. The van der Waals surface area contributed by atoms with Gasteiger partial charge < -0.3 is 10.6 Å². The summed E-state index contributed by atoms with van der Waals surface area (Å²) in [6, 6.07) is 12.0. The number of hydrogen-bond acceptors (Lipinski definition) is 5. The third kappa shape index (κ3) is 3.96. The zero-order valence-electron chi connectivity index (χ0n) is 10.7. The second-order valence-electron chi connectivity index (χ2n) is 4.11. The first-order valence-electron chi connectivity index (χ1n) is 6.04. The number of hydrogen-bond donors (Lipinski definition) is 2. The first-order chi connectivity index (χ1) is 9.28. The molecule has 0 amide bonds. The molecular weight excluding hydrogens is 238 g/mol. The van der Waals surface area contributed by atoms with Crippen molar-refractivity contribution in [2.24, 2.45) is 0 Å². The molecule has 0 spiro atoms. The molecule has 0 atom stereocenters. The number of nitriles is 1. The lowest BCUT2D eigenvalue weighted by molar-refractivity contribution is 1.04. The molecule has 0 aliphatic carbocycles. The van der Waals surface area contributed by atoms with Gasteiger partial charge in [0.15, 0.2) is 0 Å². The van der Waals surface area contributed by atoms with Gasteiger partial charge in [-0.15, -0.1) is 0 Å². The number of nitrogens with zero attached hydrogens (tertiary/aromatic N) is 3. The highest BCUT2D eigenvalue weighted by atomic mass is 15.1. The van der Waals surface area contributed by atoms with Crippen molar-refractivity contribution in [1.29, 1.82) is 5.26 Å². The van der Waals surface area contributed by atoms with E-state index >= 15 is 0 Å².